The van der Waals surface area contributed by atoms with Gasteiger partial charge in [-0.1, -0.05) is 41.9 Å². The molecule has 0 atom stereocenters. The van der Waals surface area contributed by atoms with Gasteiger partial charge < -0.3 is 20.5 Å². The van der Waals surface area contributed by atoms with Gasteiger partial charge in [0.05, 0.1) is 18.7 Å². The van der Waals surface area contributed by atoms with E-state index in [2.05, 4.69) is 17.4 Å². The van der Waals surface area contributed by atoms with Crippen molar-refractivity contribution in [2.45, 2.75) is 13.0 Å². The molecular weight excluding hydrogens is 328 g/mol. The number of hydrogen-bond acceptors (Lipinski definition) is 3. The second-order valence-electron chi connectivity index (χ2n) is 5.37. The van der Waals surface area contributed by atoms with E-state index >= 15 is 0 Å². The minimum atomic E-state index is -0.550. The third kappa shape index (κ3) is 5.44. The van der Waals surface area contributed by atoms with Crippen LogP contribution >= 0.6 is 11.6 Å². The SMILES string of the molecule is COc1cc(C[NH2+]CCc2ccccc2)c(Cl)cc1OCC(N)=O. The second-order valence-corrected chi connectivity index (χ2v) is 5.77. The monoisotopic (exact) mass is 349 g/mol. The van der Waals surface area contributed by atoms with Crippen molar-refractivity contribution in [1.82, 2.24) is 0 Å². The predicted octanol–water partition coefficient (Wildman–Crippen LogP) is 1.52. The van der Waals surface area contributed by atoms with Crippen molar-refractivity contribution < 1.29 is 19.6 Å². The van der Waals surface area contributed by atoms with E-state index in [1.165, 1.54) is 5.56 Å². The third-order valence-corrected chi connectivity index (χ3v) is 3.90. The van der Waals surface area contributed by atoms with Gasteiger partial charge >= 0.3 is 0 Å². The molecule has 0 bridgehead atoms. The Kier molecular flexibility index (Phi) is 6.90. The Labute approximate surface area is 146 Å². The van der Waals surface area contributed by atoms with Gasteiger partial charge in [0.1, 0.15) is 6.54 Å². The van der Waals surface area contributed by atoms with Gasteiger partial charge in [0.15, 0.2) is 18.1 Å². The van der Waals surface area contributed by atoms with E-state index in [0.717, 1.165) is 25.1 Å². The van der Waals surface area contributed by atoms with E-state index in [1.54, 1.807) is 13.2 Å². The van der Waals surface area contributed by atoms with Crippen molar-refractivity contribution in [2.24, 2.45) is 5.73 Å². The molecule has 2 aromatic carbocycles. The van der Waals surface area contributed by atoms with E-state index in [1.807, 2.05) is 24.3 Å². The Hall–Kier alpha value is -2.24. The molecule has 4 N–H and O–H groups in total. The highest BCUT2D eigenvalue weighted by Crippen LogP contribution is 2.33. The molecular formula is C18H22ClN2O3+. The number of carbonyl (C=O) groups is 1. The molecule has 0 aromatic heterocycles. The van der Waals surface area contributed by atoms with Gasteiger partial charge in [-0.3, -0.25) is 4.79 Å². The van der Waals surface area contributed by atoms with Crippen molar-refractivity contribution in [2.75, 3.05) is 20.3 Å². The number of hydrogen-bond donors (Lipinski definition) is 2. The lowest BCUT2D eigenvalue weighted by molar-refractivity contribution is -0.670. The Bertz CT molecular complexity index is 677. The number of primary amides is 1. The largest absolute Gasteiger partial charge is 0.493 e. The molecule has 1 amide bonds. The summed E-state index contributed by atoms with van der Waals surface area (Å²) in [5.74, 6) is 0.396. The van der Waals surface area contributed by atoms with Crippen LogP contribution in [-0.4, -0.2) is 26.2 Å². The second kappa shape index (κ2) is 9.15. The Morgan fingerprint density at radius 2 is 1.96 bits per heavy atom. The van der Waals surface area contributed by atoms with E-state index in [0.29, 0.717) is 16.5 Å². The first-order valence-corrected chi connectivity index (χ1v) is 8.11. The lowest BCUT2D eigenvalue weighted by atomic mass is 10.1. The summed E-state index contributed by atoms with van der Waals surface area (Å²) in [6, 6.07) is 13.8. The number of halogens is 1. The summed E-state index contributed by atoms with van der Waals surface area (Å²) in [6.45, 7) is 1.48. The third-order valence-electron chi connectivity index (χ3n) is 3.55. The number of benzene rings is 2. The number of amides is 1. The fourth-order valence-corrected chi connectivity index (χ4v) is 2.56. The first-order valence-electron chi connectivity index (χ1n) is 7.73. The highest BCUT2D eigenvalue weighted by atomic mass is 35.5. The van der Waals surface area contributed by atoms with Gasteiger partial charge in [0, 0.05) is 18.1 Å². The van der Waals surface area contributed by atoms with Gasteiger partial charge in [-0.2, -0.15) is 0 Å². The van der Waals surface area contributed by atoms with Crippen LogP contribution in [-0.2, 0) is 17.8 Å². The first-order chi connectivity index (χ1) is 11.6. The molecule has 0 aliphatic rings. The zero-order chi connectivity index (χ0) is 17.4. The Morgan fingerprint density at radius 1 is 1.21 bits per heavy atom. The van der Waals surface area contributed by atoms with Gasteiger partial charge in [-0.05, 0) is 11.6 Å². The van der Waals surface area contributed by atoms with Crippen LogP contribution in [0.4, 0.5) is 0 Å². The van der Waals surface area contributed by atoms with Crippen molar-refractivity contribution >= 4 is 17.5 Å². The summed E-state index contributed by atoms with van der Waals surface area (Å²) < 4.78 is 10.6. The average Bonchev–Trinajstić information content (AvgIpc) is 2.59. The van der Waals surface area contributed by atoms with Crippen molar-refractivity contribution in [3.63, 3.8) is 0 Å². The molecule has 24 heavy (non-hydrogen) atoms. The normalized spacial score (nSPS) is 10.4. The fourth-order valence-electron chi connectivity index (χ4n) is 2.33. The zero-order valence-electron chi connectivity index (χ0n) is 13.6. The summed E-state index contributed by atoms with van der Waals surface area (Å²) in [5.41, 5.74) is 7.35. The number of carbonyl (C=O) groups excluding carboxylic acids is 1. The van der Waals surface area contributed by atoms with Crippen LogP contribution in [0.3, 0.4) is 0 Å². The van der Waals surface area contributed by atoms with Gasteiger partial charge in [-0.15, -0.1) is 0 Å². The van der Waals surface area contributed by atoms with Crippen LogP contribution in [0.1, 0.15) is 11.1 Å². The fraction of sp³-hybridized carbons (Fsp3) is 0.278. The minimum Gasteiger partial charge on any atom is -0.493 e. The number of nitrogens with two attached hydrogens (primary N) is 2. The number of ether oxygens (including phenoxy) is 2. The molecule has 5 nitrogen and oxygen atoms in total. The highest BCUT2D eigenvalue weighted by Gasteiger charge is 2.12. The highest BCUT2D eigenvalue weighted by molar-refractivity contribution is 6.31. The molecule has 128 valence electrons. The van der Waals surface area contributed by atoms with Gasteiger partial charge in [0.2, 0.25) is 0 Å². The Balaban J connectivity index is 1.93. The van der Waals surface area contributed by atoms with E-state index in [9.17, 15) is 4.79 Å². The smallest absolute Gasteiger partial charge is 0.255 e. The Morgan fingerprint density at radius 3 is 2.62 bits per heavy atom. The summed E-state index contributed by atoms with van der Waals surface area (Å²) in [5, 5.41) is 2.77. The molecule has 0 saturated heterocycles. The predicted molar refractivity (Wildman–Crippen MR) is 93.3 cm³/mol. The van der Waals surface area contributed by atoms with Crippen molar-refractivity contribution in [3.8, 4) is 11.5 Å². The van der Waals surface area contributed by atoms with Crippen LogP contribution < -0.4 is 20.5 Å². The van der Waals surface area contributed by atoms with Gasteiger partial charge in [0.25, 0.3) is 5.91 Å². The molecule has 0 spiro atoms. The average molecular weight is 350 g/mol. The maximum absolute atomic E-state index is 10.8. The zero-order valence-corrected chi connectivity index (χ0v) is 14.4. The van der Waals surface area contributed by atoms with E-state index < -0.39 is 5.91 Å². The molecule has 0 saturated carbocycles. The maximum atomic E-state index is 10.8. The number of quaternary nitrogens is 1. The minimum absolute atomic E-state index is 0.213. The molecule has 0 heterocycles. The quantitative estimate of drug-likeness (QED) is 0.674. The molecule has 0 aliphatic heterocycles. The van der Waals surface area contributed by atoms with Gasteiger partial charge in [-0.25, -0.2) is 0 Å². The molecule has 0 aliphatic carbocycles. The van der Waals surface area contributed by atoms with Crippen molar-refractivity contribution in [1.29, 1.82) is 0 Å². The van der Waals surface area contributed by atoms with Crippen LogP contribution in [0.5, 0.6) is 11.5 Å². The molecule has 0 radical (unpaired) electrons. The standard InChI is InChI=1S/C18H21ClN2O3/c1-23-16-9-14(15(19)10-17(16)24-12-18(20)22)11-21-8-7-13-5-3-2-4-6-13/h2-6,9-10,21H,7-8,11-12H2,1H3,(H2,20,22)/p+1. The molecule has 6 heteroatoms. The summed E-state index contributed by atoms with van der Waals surface area (Å²) in [6.07, 6.45) is 0.995. The van der Waals surface area contributed by atoms with Crippen LogP contribution in [0, 0.1) is 0 Å². The van der Waals surface area contributed by atoms with Crippen LogP contribution in [0.25, 0.3) is 0 Å². The van der Waals surface area contributed by atoms with Crippen molar-refractivity contribution in [3.05, 3.63) is 58.6 Å². The number of methoxy groups -OCH3 is 1. The summed E-state index contributed by atoms with van der Waals surface area (Å²) >= 11 is 6.30. The lowest BCUT2D eigenvalue weighted by Gasteiger charge is -2.12. The topological polar surface area (TPSA) is 78.2 Å². The van der Waals surface area contributed by atoms with E-state index in [4.69, 9.17) is 26.8 Å². The van der Waals surface area contributed by atoms with Crippen LogP contribution in [0.15, 0.2) is 42.5 Å². The van der Waals surface area contributed by atoms with Crippen LogP contribution in [0.2, 0.25) is 5.02 Å². The molecule has 2 rings (SSSR count). The molecule has 0 unspecified atom stereocenters. The summed E-state index contributed by atoms with van der Waals surface area (Å²) in [7, 11) is 1.54. The molecule has 2 aromatic rings. The van der Waals surface area contributed by atoms with E-state index in [-0.39, 0.29) is 6.61 Å². The maximum Gasteiger partial charge on any atom is 0.255 e. The molecule has 0 fully saturated rings. The lowest BCUT2D eigenvalue weighted by Crippen LogP contribution is -2.83. The summed E-state index contributed by atoms with van der Waals surface area (Å²) in [4.78, 5) is 10.8. The first kappa shape index (κ1) is 18.1. The number of rotatable bonds is 9.